The predicted octanol–water partition coefficient (Wildman–Crippen LogP) is 4.70. The second-order valence-electron chi connectivity index (χ2n) is 5.58. The van der Waals surface area contributed by atoms with Crippen LogP contribution in [0.4, 0.5) is 5.69 Å². The van der Waals surface area contributed by atoms with E-state index in [2.05, 4.69) is 22.4 Å². The summed E-state index contributed by atoms with van der Waals surface area (Å²) in [4.78, 5) is 16.8. The van der Waals surface area contributed by atoms with Crippen molar-refractivity contribution in [2.75, 3.05) is 5.32 Å². The number of rotatable bonds is 6. The first-order valence-corrected chi connectivity index (χ1v) is 9.16. The molecular weight excluding hydrogens is 354 g/mol. The van der Waals surface area contributed by atoms with Crippen molar-refractivity contribution in [2.45, 2.75) is 23.9 Å². The first kappa shape index (κ1) is 17.6. The lowest BCUT2D eigenvalue weighted by molar-refractivity contribution is -0.115. The minimum absolute atomic E-state index is 0.0680. The summed E-state index contributed by atoms with van der Waals surface area (Å²) < 4.78 is 2.05. The lowest BCUT2D eigenvalue weighted by Gasteiger charge is -2.13. The van der Waals surface area contributed by atoms with Gasteiger partial charge >= 0.3 is 0 Å². The molecule has 0 spiro atoms. The summed E-state index contributed by atoms with van der Waals surface area (Å²) in [5.74, 6) is -0.0680. The fourth-order valence-corrected chi connectivity index (χ4v) is 3.29. The van der Waals surface area contributed by atoms with Crippen LogP contribution in [0.5, 0.6) is 0 Å². The van der Waals surface area contributed by atoms with E-state index >= 15 is 0 Å². The minimum atomic E-state index is -0.271. The summed E-state index contributed by atoms with van der Waals surface area (Å²) in [6.07, 6.45) is 3.69. The van der Waals surface area contributed by atoms with Crippen molar-refractivity contribution in [3.8, 4) is 0 Å². The van der Waals surface area contributed by atoms with Crippen molar-refractivity contribution in [2.24, 2.45) is 0 Å². The van der Waals surface area contributed by atoms with Gasteiger partial charge in [-0.1, -0.05) is 53.7 Å². The van der Waals surface area contributed by atoms with Crippen LogP contribution in [-0.4, -0.2) is 20.7 Å². The van der Waals surface area contributed by atoms with Crippen molar-refractivity contribution < 1.29 is 4.79 Å². The molecule has 0 bridgehead atoms. The Morgan fingerprint density at radius 3 is 2.64 bits per heavy atom. The molecule has 0 fully saturated rings. The highest BCUT2D eigenvalue weighted by Crippen LogP contribution is 2.24. The number of carbonyl (C=O) groups is 1. The molecular formula is C19H18ClN3OS. The van der Waals surface area contributed by atoms with E-state index < -0.39 is 0 Å². The van der Waals surface area contributed by atoms with Crippen molar-refractivity contribution in [1.29, 1.82) is 0 Å². The molecule has 1 aromatic heterocycles. The third-order valence-electron chi connectivity index (χ3n) is 3.64. The first-order valence-electron chi connectivity index (χ1n) is 7.90. The van der Waals surface area contributed by atoms with Gasteiger partial charge in [-0.3, -0.25) is 4.79 Å². The van der Waals surface area contributed by atoms with Crippen LogP contribution in [0.15, 0.2) is 72.1 Å². The van der Waals surface area contributed by atoms with Gasteiger partial charge in [-0.15, -0.1) is 0 Å². The van der Waals surface area contributed by atoms with Crippen LogP contribution in [0.25, 0.3) is 0 Å². The Balaban J connectivity index is 1.63. The Morgan fingerprint density at radius 2 is 1.92 bits per heavy atom. The lowest BCUT2D eigenvalue weighted by atomic mass is 10.2. The number of imidazole rings is 1. The van der Waals surface area contributed by atoms with Gasteiger partial charge in [0.15, 0.2) is 5.16 Å². The monoisotopic (exact) mass is 371 g/mol. The van der Waals surface area contributed by atoms with E-state index in [9.17, 15) is 4.79 Å². The third-order valence-corrected chi connectivity index (χ3v) is 5.01. The van der Waals surface area contributed by atoms with Gasteiger partial charge in [0.25, 0.3) is 0 Å². The Kier molecular flexibility index (Phi) is 5.79. The summed E-state index contributed by atoms with van der Waals surface area (Å²) in [6.45, 7) is 2.60. The molecule has 1 atom stereocenters. The molecule has 0 radical (unpaired) electrons. The molecule has 0 aliphatic rings. The average Bonchev–Trinajstić information content (AvgIpc) is 3.04. The van der Waals surface area contributed by atoms with Crippen molar-refractivity contribution >= 4 is 35.0 Å². The smallest absolute Gasteiger partial charge is 0.237 e. The number of nitrogens with zero attached hydrogens (tertiary/aromatic N) is 2. The summed E-state index contributed by atoms with van der Waals surface area (Å²) in [5.41, 5.74) is 1.93. The molecule has 1 unspecified atom stereocenters. The standard InChI is InChI=1S/C19H18ClN3OS/c1-14(18(24)22-17-9-7-16(20)8-10-17)25-19-21-11-12-23(19)13-15-5-3-2-4-6-15/h2-12,14H,13H2,1H3,(H,22,24). The number of hydrogen-bond donors (Lipinski definition) is 1. The molecule has 3 aromatic rings. The molecule has 128 valence electrons. The number of nitrogens with one attached hydrogen (secondary N) is 1. The molecule has 2 aromatic carbocycles. The second kappa shape index (κ2) is 8.23. The van der Waals surface area contributed by atoms with Crippen molar-refractivity contribution in [3.63, 3.8) is 0 Å². The normalized spacial score (nSPS) is 11.9. The molecule has 1 N–H and O–H groups in total. The van der Waals surface area contributed by atoms with Crippen LogP contribution in [0.3, 0.4) is 0 Å². The maximum absolute atomic E-state index is 12.4. The third kappa shape index (κ3) is 4.87. The van der Waals surface area contributed by atoms with Crippen LogP contribution >= 0.6 is 23.4 Å². The number of hydrogen-bond acceptors (Lipinski definition) is 3. The summed E-state index contributed by atoms with van der Waals surface area (Å²) in [6, 6.07) is 17.3. The largest absolute Gasteiger partial charge is 0.325 e. The Bertz CT molecular complexity index is 833. The quantitative estimate of drug-likeness (QED) is 0.638. The van der Waals surface area contributed by atoms with Gasteiger partial charge in [0.1, 0.15) is 0 Å². The van der Waals surface area contributed by atoms with Crippen LogP contribution in [0.2, 0.25) is 5.02 Å². The SMILES string of the molecule is CC(Sc1nccn1Cc1ccccc1)C(=O)Nc1ccc(Cl)cc1. The van der Waals surface area contributed by atoms with Crippen molar-refractivity contribution in [1.82, 2.24) is 9.55 Å². The second-order valence-corrected chi connectivity index (χ2v) is 7.32. The molecule has 1 heterocycles. The number of thioether (sulfide) groups is 1. The fraction of sp³-hybridized carbons (Fsp3) is 0.158. The van der Waals surface area contributed by atoms with Gasteiger partial charge in [0.05, 0.1) is 5.25 Å². The number of anilines is 1. The molecule has 0 aliphatic heterocycles. The van der Waals surface area contributed by atoms with Crippen LogP contribution < -0.4 is 5.32 Å². The molecule has 6 heteroatoms. The van der Waals surface area contributed by atoms with E-state index in [4.69, 9.17) is 11.6 Å². The van der Waals surface area contributed by atoms with Gasteiger partial charge in [0.2, 0.25) is 5.91 Å². The van der Waals surface area contributed by atoms with Gasteiger partial charge in [0, 0.05) is 29.6 Å². The molecule has 4 nitrogen and oxygen atoms in total. The first-order chi connectivity index (χ1) is 12.1. The lowest BCUT2D eigenvalue weighted by Crippen LogP contribution is -2.22. The zero-order valence-electron chi connectivity index (χ0n) is 13.7. The Labute approximate surface area is 156 Å². The van der Waals surface area contributed by atoms with Gasteiger partial charge in [-0.2, -0.15) is 0 Å². The molecule has 1 amide bonds. The van der Waals surface area contributed by atoms with Gasteiger partial charge < -0.3 is 9.88 Å². The predicted molar refractivity (Wildman–Crippen MR) is 103 cm³/mol. The molecule has 0 aliphatic carbocycles. The number of halogens is 1. The molecule has 0 saturated heterocycles. The van der Waals surface area contributed by atoms with Crippen molar-refractivity contribution in [3.05, 3.63) is 77.6 Å². The van der Waals surface area contributed by atoms with E-state index in [1.807, 2.05) is 35.9 Å². The number of benzene rings is 2. The fourth-order valence-electron chi connectivity index (χ4n) is 2.30. The molecule has 3 rings (SSSR count). The summed E-state index contributed by atoms with van der Waals surface area (Å²) >= 11 is 7.30. The van der Waals surface area contributed by atoms with E-state index in [1.54, 1.807) is 30.5 Å². The zero-order valence-corrected chi connectivity index (χ0v) is 15.3. The highest BCUT2D eigenvalue weighted by molar-refractivity contribution is 8.00. The average molecular weight is 372 g/mol. The summed E-state index contributed by atoms with van der Waals surface area (Å²) in [7, 11) is 0. The zero-order chi connectivity index (χ0) is 17.6. The molecule has 25 heavy (non-hydrogen) atoms. The van der Waals surface area contributed by atoms with Gasteiger partial charge in [-0.25, -0.2) is 4.98 Å². The maximum Gasteiger partial charge on any atom is 0.237 e. The van der Waals surface area contributed by atoms with Crippen LogP contribution in [0.1, 0.15) is 12.5 Å². The highest BCUT2D eigenvalue weighted by Gasteiger charge is 2.17. The topological polar surface area (TPSA) is 46.9 Å². The number of carbonyl (C=O) groups excluding carboxylic acids is 1. The number of amides is 1. The van der Waals surface area contributed by atoms with E-state index in [1.165, 1.54) is 17.3 Å². The van der Waals surface area contributed by atoms with E-state index in [0.29, 0.717) is 5.02 Å². The molecule has 0 saturated carbocycles. The Hall–Kier alpha value is -2.24. The minimum Gasteiger partial charge on any atom is -0.325 e. The van der Waals surface area contributed by atoms with Crippen LogP contribution in [0, 0.1) is 0 Å². The number of aromatic nitrogens is 2. The van der Waals surface area contributed by atoms with Crippen LogP contribution in [-0.2, 0) is 11.3 Å². The highest BCUT2D eigenvalue weighted by atomic mass is 35.5. The van der Waals surface area contributed by atoms with E-state index in [0.717, 1.165) is 17.4 Å². The summed E-state index contributed by atoms with van der Waals surface area (Å²) in [5, 5.41) is 4.09. The Morgan fingerprint density at radius 1 is 1.20 bits per heavy atom. The van der Waals surface area contributed by atoms with Gasteiger partial charge in [-0.05, 0) is 36.8 Å². The van der Waals surface area contributed by atoms with E-state index in [-0.39, 0.29) is 11.2 Å². The maximum atomic E-state index is 12.4.